The van der Waals surface area contributed by atoms with Crippen LogP contribution in [-0.4, -0.2) is 19.7 Å². The Morgan fingerprint density at radius 2 is 2.11 bits per heavy atom. The van der Waals surface area contributed by atoms with Crippen LogP contribution in [0.2, 0.25) is 0 Å². The molecule has 1 aromatic rings. The van der Waals surface area contributed by atoms with E-state index in [-0.39, 0.29) is 0 Å². The summed E-state index contributed by atoms with van der Waals surface area (Å²) in [5.41, 5.74) is 2.52. The van der Waals surface area contributed by atoms with E-state index in [1.54, 1.807) is 7.11 Å². The summed E-state index contributed by atoms with van der Waals surface area (Å²) in [5.74, 6) is 0.982. The summed E-state index contributed by atoms with van der Waals surface area (Å²) < 4.78 is 5.40. The molecule has 1 atom stereocenters. The minimum absolute atomic E-state index is 0.489. The van der Waals surface area contributed by atoms with Crippen LogP contribution >= 0.6 is 0 Å². The first-order valence-corrected chi connectivity index (χ1v) is 6.67. The van der Waals surface area contributed by atoms with Crippen LogP contribution in [0.5, 0.6) is 5.75 Å². The first kappa shape index (κ1) is 14.8. The maximum atomic E-state index is 5.40. The fraction of sp³-hybridized carbons (Fsp3) is 0.500. The molecule has 0 saturated carbocycles. The molecule has 0 amide bonds. The van der Waals surface area contributed by atoms with Crippen molar-refractivity contribution in [2.24, 2.45) is 0 Å². The number of methoxy groups -OCH3 is 1. The van der Waals surface area contributed by atoms with Gasteiger partial charge in [0.2, 0.25) is 0 Å². The highest BCUT2D eigenvalue weighted by Crippen LogP contribution is 2.20. The van der Waals surface area contributed by atoms with E-state index in [9.17, 15) is 0 Å². The largest absolute Gasteiger partial charge is 0.496 e. The Hall–Kier alpha value is -1.28. The molecule has 0 aliphatic carbocycles. The van der Waals surface area contributed by atoms with Crippen LogP contribution in [0.15, 0.2) is 36.4 Å². The summed E-state index contributed by atoms with van der Waals surface area (Å²) in [6, 6.07) is 8.74. The predicted molar refractivity (Wildman–Crippen MR) is 78.2 cm³/mol. The second-order valence-corrected chi connectivity index (χ2v) is 4.77. The molecule has 1 unspecified atom stereocenters. The molecule has 0 fully saturated rings. The summed E-state index contributed by atoms with van der Waals surface area (Å²) in [6.45, 7) is 9.21. The highest BCUT2D eigenvalue weighted by Gasteiger charge is 2.11. The molecule has 0 saturated heterocycles. The van der Waals surface area contributed by atoms with Gasteiger partial charge < -0.3 is 10.1 Å². The van der Waals surface area contributed by atoms with E-state index in [0.717, 1.165) is 31.6 Å². The number of allylic oxidation sites excluding steroid dienone is 1. The van der Waals surface area contributed by atoms with Gasteiger partial charge in [-0.3, -0.25) is 0 Å². The van der Waals surface area contributed by atoms with E-state index in [2.05, 4.69) is 37.9 Å². The molecule has 0 radical (unpaired) electrons. The summed E-state index contributed by atoms with van der Waals surface area (Å²) >= 11 is 0. The highest BCUT2D eigenvalue weighted by atomic mass is 16.5. The number of hydrogen-bond acceptors (Lipinski definition) is 2. The standard InChI is InChI=1S/C16H25NO/c1-5-17-15(11-10-13(2)3)12-14-8-6-7-9-16(14)18-4/h6-9,15,17H,2,5,10-12H2,1,3-4H3. The fourth-order valence-electron chi connectivity index (χ4n) is 2.12. The average molecular weight is 247 g/mol. The molecule has 0 aliphatic heterocycles. The average Bonchev–Trinajstić information content (AvgIpc) is 2.37. The van der Waals surface area contributed by atoms with Crippen molar-refractivity contribution in [1.82, 2.24) is 5.32 Å². The molecule has 2 nitrogen and oxygen atoms in total. The lowest BCUT2D eigenvalue weighted by Crippen LogP contribution is -2.31. The normalized spacial score (nSPS) is 12.2. The Kier molecular flexibility index (Phi) is 6.51. The van der Waals surface area contributed by atoms with Gasteiger partial charge in [-0.05, 0) is 44.4 Å². The van der Waals surface area contributed by atoms with Crippen molar-refractivity contribution in [2.75, 3.05) is 13.7 Å². The van der Waals surface area contributed by atoms with Gasteiger partial charge in [-0.15, -0.1) is 6.58 Å². The lowest BCUT2D eigenvalue weighted by atomic mass is 9.99. The van der Waals surface area contributed by atoms with Gasteiger partial charge in [0.05, 0.1) is 7.11 Å². The highest BCUT2D eigenvalue weighted by molar-refractivity contribution is 5.33. The quantitative estimate of drug-likeness (QED) is 0.709. The molecule has 0 aromatic heterocycles. The van der Waals surface area contributed by atoms with Crippen LogP contribution < -0.4 is 10.1 Å². The molecule has 0 spiro atoms. The van der Waals surface area contributed by atoms with Gasteiger partial charge >= 0.3 is 0 Å². The molecule has 100 valence electrons. The zero-order chi connectivity index (χ0) is 13.4. The van der Waals surface area contributed by atoms with E-state index in [4.69, 9.17) is 4.74 Å². The topological polar surface area (TPSA) is 21.3 Å². The van der Waals surface area contributed by atoms with Crippen LogP contribution in [-0.2, 0) is 6.42 Å². The van der Waals surface area contributed by atoms with Crippen molar-refractivity contribution < 1.29 is 4.74 Å². The van der Waals surface area contributed by atoms with E-state index < -0.39 is 0 Å². The van der Waals surface area contributed by atoms with Crippen molar-refractivity contribution in [2.45, 2.75) is 39.2 Å². The summed E-state index contributed by atoms with van der Waals surface area (Å²) in [5, 5.41) is 3.54. The molecule has 18 heavy (non-hydrogen) atoms. The van der Waals surface area contributed by atoms with E-state index in [1.807, 2.05) is 12.1 Å². The zero-order valence-electron chi connectivity index (χ0n) is 11.8. The van der Waals surface area contributed by atoms with Crippen molar-refractivity contribution in [3.8, 4) is 5.75 Å². The second-order valence-electron chi connectivity index (χ2n) is 4.77. The summed E-state index contributed by atoms with van der Waals surface area (Å²) in [4.78, 5) is 0. The van der Waals surface area contributed by atoms with Gasteiger partial charge in [0.25, 0.3) is 0 Å². The third-order valence-electron chi connectivity index (χ3n) is 3.07. The first-order chi connectivity index (χ1) is 8.67. The molecular weight excluding hydrogens is 222 g/mol. The number of ether oxygens (including phenoxy) is 1. The summed E-state index contributed by atoms with van der Waals surface area (Å²) in [6.07, 6.45) is 3.21. The fourth-order valence-corrected chi connectivity index (χ4v) is 2.12. The molecule has 1 rings (SSSR count). The Morgan fingerprint density at radius 1 is 1.39 bits per heavy atom. The van der Waals surface area contributed by atoms with Crippen molar-refractivity contribution in [3.63, 3.8) is 0 Å². The predicted octanol–water partition coefficient (Wildman–Crippen LogP) is 3.57. The molecule has 1 N–H and O–H groups in total. The number of nitrogens with one attached hydrogen (secondary N) is 1. The Labute approximate surface area is 111 Å². The maximum absolute atomic E-state index is 5.40. The first-order valence-electron chi connectivity index (χ1n) is 6.67. The van der Waals surface area contributed by atoms with Crippen LogP contribution in [0.25, 0.3) is 0 Å². The number of benzene rings is 1. The van der Waals surface area contributed by atoms with Crippen LogP contribution in [0, 0.1) is 0 Å². The lowest BCUT2D eigenvalue weighted by molar-refractivity contribution is 0.403. The molecule has 1 aromatic carbocycles. The maximum Gasteiger partial charge on any atom is 0.122 e. The SMILES string of the molecule is C=C(C)CCC(Cc1ccccc1OC)NCC. The van der Waals surface area contributed by atoms with Crippen LogP contribution in [0.3, 0.4) is 0 Å². The molecule has 2 heteroatoms. The lowest BCUT2D eigenvalue weighted by Gasteiger charge is -2.19. The van der Waals surface area contributed by atoms with Crippen LogP contribution in [0.1, 0.15) is 32.3 Å². The molecular formula is C16H25NO. The number of para-hydroxylation sites is 1. The molecule has 0 aliphatic rings. The molecule has 0 bridgehead atoms. The number of likely N-dealkylation sites (N-methyl/N-ethyl adjacent to an activating group) is 1. The van der Waals surface area contributed by atoms with Crippen molar-refractivity contribution in [3.05, 3.63) is 42.0 Å². The number of hydrogen-bond donors (Lipinski definition) is 1. The van der Waals surface area contributed by atoms with Gasteiger partial charge in [0.1, 0.15) is 5.75 Å². The van der Waals surface area contributed by atoms with Gasteiger partial charge in [-0.2, -0.15) is 0 Å². The Bertz CT molecular complexity index is 373. The number of rotatable bonds is 8. The third-order valence-corrected chi connectivity index (χ3v) is 3.07. The smallest absolute Gasteiger partial charge is 0.122 e. The minimum Gasteiger partial charge on any atom is -0.496 e. The Balaban J connectivity index is 2.66. The Morgan fingerprint density at radius 3 is 2.72 bits per heavy atom. The van der Waals surface area contributed by atoms with Crippen molar-refractivity contribution >= 4 is 0 Å². The molecule has 0 heterocycles. The van der Waals surface area contributed by atoms with E-state index in [0.29, 0.717) is 6.04 Å². The van der Waals surface area contributed by atoms with E-state index in [1.165, 1.54) is 11.1 Å². The zero-order valence-corrected chi connectivity index (χ0v) is 11.8. The monoisotopic (exact) mass is 247 g/mol. The van der Waals surface area contributed by atoms with Gasteiger partial charge in [-0.25, -0.2) is 0 Å². The third kappa shape index (κ3) is 4.92. The van der Waals surface area contributed by atoms with Gasteiger partial charge in [0.15, 0.2) is 0 Å². The summed E-state index contributed by atoms with van der Waals surface area (Å²) in [7, 11) is 1.73. The van der Waals surface area contributed by atoms with E-state index >= 15 is 0 Å². The van der Waals surface area contributed by atoms with Gasteiger partial charge in [-0.1, -0.05) is 30.7 Å². The van der Waals surface area contributed by atoms with Crippen LogP contribution in [0.4, 0.5) is 0 Å². The van der Waals surface area contributed by atoms with Crippen molar-refractivity contribution in [1.29, 1.82) is 0 Å². The minimum atomic E-state index is 0.489. The second kappa shape index (κ2) is 7.93. The van der Waals surface area contributed by atoms with Gasteiger partial charge in [0, 0.05) is 6.04 Å².